The first-order valence-electron chi connectivity index (χ1n) is 8.65. The highest BCUT2D eigenvalue weighted by Gasteiger charge is 2.38. The molecule has 138 valence electrons. The molecule has 1 fully saturated rings. The predicted octanol–water partition coefficient (Wildman–Crippen LogP) is 2.17. The van der Waals surface area contributed by atoms with Gasteiger partial charge in [-0.15, -0.1) is 0 Å². The van der Waals surface area contributed by atoms with Crippen molar-refractivity contribution in [2.24, 2.45) is 0 Å². The zero-order valence-corrected chi connectivity index (χ0v) is 15.0. The molecular formula is C19H23N3O4. The van der Waals surface area contributed by atoms with E-state index in [1.807, 2.05) is 25.4 Å². The molecule has 0 aliphatic carbocycles. The lowest BCUT2D eigenvalue weighted by atomic mass is 9.95. The molecule has 0 bridgehead atoms. The normalized spacial score (nSPS) is 20.3. The number of carbonyl (C=O) groups excluding carboxylic acids is 1. The number of hydrogen-bond acceptors (Lipinski definition) is 5. The molecule has 0 aromatic carbocycles. The molecule has 2 aromatic rings. The summed E-state index contributed by atoms with van der Waals surface area (Å²) in [6.07, 6.45) is 4.64. The lowest BCUT2D eigenvalue weighted by molar-refractivity contribution is -0.144. The summed E-state index contributed by atoms with van der Waals surface area (Å²) in [7, 11) is 1.98. The third-order valence-corrected chi connectivity index (χ3v) is 4.85. The summed E-state index contributed by atoms with van der Waals surface area (Å²) >= 11 is 0. The van der Waals surface area contributed by atoms with Crippen molar-refractivity contribution < 1.29 is 19.1 Å². The fourth-order valence-corrected chi connectivity index (χ4v) is 3.42. The number of aryl methyl sites for hydroxylation is 1. The summed E-state index contributed by atoms with van der Waals surface area (Å²) in [5.74, 6) is -0.526. The van der Waals surface area contributed by atoms with E-state index < -0.39 is 12.0 Å². The molecule has 2 aromatic heterocycles. The number of likely N-dealkylation sites (tertiary alicyclic amines) is 1. The van der Waals surface area contributed by atoms with Crippen molar-refractivity contribution in [2.75, 3.05) is 13.6 Å². The molecule has 1 N–H and O–H groups in total. The van der Waals surface area contributed by atoms with Crippen LogP contribution in [0.3, 0.4) is 0 Å². The second-order valence-electron chi connectivity index (χ2n) is 6.72. The van der Waals surface area contributed by atoms with Gasteiger partial charge in [-0.25, -0.2) is 4.79 Å². The van der Waals surface area contributed by atoms with Crippen LogP contribution in [0.1, 0.15) is 34.7 Å². The van der Waals surface area contributed by atoms with Crippen molar-refractivity contribution in [3.63, 3.8) is 0 Å². The number of amides is 1. The quantitative estimate of drug-likeness (QED) is 0.882. The van der Waals surface area contributed by atoms with Crippen LogP contribution in [-0.2, 0) is 11.3 Å². The van der Waals surface area contributed by atoms with Gasteiger partial charge in [-0.3, -0.25) is 14.7 Å². The number of rotatable bonds is 5. The molecule has 0 unspecified atom stereocenters. The monoisotopic (exact) mass is 357 g/mol. The van der Waals surface area contributed by atoms with Crippen molar-refractivity contribution in [1.82, 2.24) is 14.8 Å². The molecular weight excluding hydrogens is 334 g/mol. The van der Waals surface area contributed by atoms with Gasteiger partial charge < -0.3 is 14.4 Å². The van der Waals surface area contributed by atoms with Gasteiger partial charge in [0.2, 0.25) is 0 Å². The van der Waals surface area contributed by atoms with Gasteiger partial charge in [0.25, 0.3) is 5.91 Å². The number of carboxylic acids is 1. The topological polar surface area (TPSA) is 86.9 Å². The molecule has 2 atom stereocenters. The summed E-state index contributed by atoms with van der Waals surface area (Å²) in [4.78, 5) is 32.1. The van der Waals surface area contributed by atoms with E-state index in [9.17, 15) is 14.7 Å². The Bertz CT molecular complexity index is 774. The Kier molecular flexibility index (Phi) is 5.37. The Balaban J connectivity index is 1.69. The van der Waals surface area contributed by atoms with Gasteiger partial charge in [-0.1, -0.05) is 6.07 Å². The molecule has 1 saturated heterocycles. The Labute approximate surface area is 152 Å². The van der Waals surface area contributed by atoms with E-state index >= 15 is 0 Å². The number of carbonyl (C=O) groups is 2. The molecule has 3 heterocycles. The Morgan fingerprint density at radius 3 is 2.81 bits per heavy atom. The van der Waals surface area contributed by atoms with Crippen LogP contribution in [-0.4, -0.2) is 57.4 Å². The first-order chi connectivity index (χ1) is 12.5. The minimum atomic E-state index is -0.985. The van der Waals surface area contributed by atoms with Gasteiger partial charge >= 0.3 is 5.97 Å². The van der Waals surface area contributed by atoms with Crippen molar-refractivity contribution in [2.45, 2.75) is 38.4 Å². The van der Waals surface area contributed by atoms with Crippen LogP contribution in [0.15, 0.2) is 41.1 Å². The highest BCUT2D eigenvalue weighted by Crippen LogP contribution is 2.25. The number of hydrogen-bond donors (Lipinski definition) is 1. The number of piperidine rings is 1. The number of furan rings is 1. The average molecular weight is 357 g/mol. The van der Waals surface area contributed by atoms with Crippen LogP contribution in [0.4, 0.5) is 0 Å². The van der Waals surface area contributed by atoms with Crippen molar-refractivity contribution in [3.8, 4) is 0 Å². The van der Waals surface area contributed by atoms with Crippen LogP contribution in [0.2, 0.25) is 0 Å². The number of aliphatic carboxylic acids is 1. The zero-order valence-electron chi connectivity index (χ0n) is 15.0. The largest absolute Gasteiger partial charge is 0.480 e. The standard InChI is InChI=1S/C19H23N3O4/c1-13-5-6-17(26-13)18(23)22-9-7-15(10-16(22)19(24)25)21(2)12-14-4-3-8-20-11-14/h3-6,8,11,15-16H,7,9-10,12H2,1-2H3,(H,24,25)/t15-,16-/m0/s1. The maximum atomic E-state index is 12.6. The first-order valence-corrected chi connectivity index (χ1v) is 8.65. The molecule has 7 nitrogen and oxygen atoms in total. The fraction of sp³-hybridized carbons (Fsp3) is 0.421. The van der Waals surface area contributed by atoms with E-state index in [2.05, 4.69) is 9.88 Å². The lowest BCUT2D eigenvalue weighted by Crippen LogP contribution is -2.54. The van der Waals surface area contributed by atoms with Crippen LogP contribution >= 0.6 is 0 Å². The SMILES string of the molecule is Cc1ccc(C(=O)N2CC[C@H](N(C)Cc3cccnc3)C[C@H]2C(=O)O)o1. The third kappa shape index (κ3) is 3.94. The van der Waals surface area contributed by atoms with Gasteiger partial charge in [0.15, 0.2) is 5.76 Å². The van der Waals surface area contributed by atoms with E-state index in [0.717, 1.165) is 5.56 Å². The number of aromatic nitrogens is 1. The molecule has 0 radical (unpaired) electrons. The minimum Gasteiger partial charge on any atom is -0.480 e. The average Bonchev–Trinajstić information content (AvgIpc) is 3.07. The van der Waals surface area contributed by atoms with Crippen LogP contribution in [0.5, 0.6) is 0 Å². The van der Waals surface area contributed by atoms with Crippen molar-refractivity contribution >= 4 is 11.9 Å². The molecule has 3 rings (SSSR count). The summed E-state index contributed by atoms with van der Waals surface area (Å²) in [6.45, 7) is 2.83. The van der Waals surface area contributed by atoms with E-state index in [4.69, 9.17) is 4.42 Å². The van der Waals surface area contributed by atoms with E-state index in [0.29, 0.717) is 31.7 Å². The maximum Gasteiger partial charge on any atom is 0.326 e. The summed E-state index contributed by atoms with van der Waals surface area (Å²) in [5, 5.41) is 9.65. The Morgan fingerprint density at radius 1 is 1.38 bits per heavy atom. The lowest BCUT2D eigenvalue weighted by Gasteiger charge is -2.40. The van der Waals surface area contributed by atoms with Gasteiger partial charge in [0.1, 0.15) is 11.8 Å². The Hall–Kier alpha value is -2.67. The smallest absolute Gasteiger partial charge is 0.326 e. The maximum absolute atomic E-state index is 12.6. The van der Waals surface area contributed by atoms with Crippen LogP contribution < -0.4 is 0 Å². The van der Waals surface area contributed by atoms with Gasteiger partial charge in [-0.2, -0.15) is 0 Å². The molecule has 7 heteroatoms. The number of pyridine rings is 1. The molecule has 1 aliphatic heterocycles. The molecule has 1 amide bonds. The highest BCUT2D eigenvalue weighted by molar-refractivity contribution is 5.94. The molecule has 0 saturated carbocycles. The summed E-state index contributed by atoms with van der Waals surface area (Å²) in [6, 6.07) is 6.40. The predicted molar refractivity (Wildman–Crippen MR) is 94.6 cm³/mol. The fourth-order valence-electron chi connectivity index (χ4n) is 3.42. The van der Waals surface area contributed by atoms with E-state index in [-0.39, 0.29) is 17.7 Å². The van der Waals surface area contributed by atoms with Crippen molar-refractivity contribution in [1.29, 1.82) is 0 Å². The van der Waals surface area contributed by atoms with Gasteiger partial charge in [-0.05, 0) is 50.6 Å². The van der Waals surface area contributed by atoms with Gasteiger partial charge in [0.05, 0.1) is 0 Å². The molecule has 26 heavy (non-hydrogen) atoms. The molecule has 0 spiro atoms. The second kappa shape index (κ2) is 7.70. The highest BCUT2D eigenvalue weighted by atomic mass is 16.4. The van der Waals surface area contributed by atoms with E-state index in [1.54, 1.807) is 25.3 Å². The zero-order chi connectivity index (χ0) is 18.7. The van der Waals surface area contributed by atoms with E-state index in [1.165, 1.54) is 4.90 Å². The third-order valence-electron chi connectivity index (χ3n) is 4.85. The van der Waals surface area contributed by atoms with Crippen LogP contribution in [0.25, 0.3) is 0 Å². The van der Waals surface area contributed by atoms with Gasteiger partial charge in [0, 0.05) is 31.5 Å². The number of nitrogens with zero attached hydrogens (tertiary/aromatic N) is 3. The van der Waals surface area contributed by atoms with Crippen molar-refractivity contribution in [3.05, 3.63) is 53.7 Å². The first kappa shape index (κ1) is 18.1. The Morgan fingerprint density at radius 2 is 2.19 bits per heavy atom. The summed E-state index contributed by atoms with van der Waals surface area (Å²) in [5.41, 5.74) is 1.08. The summed E-state index contributed by atoms with van der Waals surface area (Å²) < 4.78 is 5.38. The second-order valence-corrected chi connectivity index (χ2v) is 6.72. The van der Waals surface area contributed by atoms with Crippen LogP contribution in [0, 0.1) is 6.92 Å². The molecule has 1 aliphatic rings. The number of carboxylic acid groups (broad SMARTS) is 1. The minimum absolute atomic E-state index is 0.0821.